The fraction of sp³-hybridized carbons (Fsp3) is 0.455. The Labute approximate surface area is 99.2 Å². The second-order valence-electron chi connectivity index (χ2n) is 3.35. The molecule has 0 bridgehead atoms. The van der Waals surface area contributed by atoms with Crippen LogP contribution in [0.3, 0.4) is 0 Å². The average Bonchev–Trinajstić information content (AvgIpc) is 2.28. The minimum atomic E-state index is -0.464. The van der Waals surface area contributed by atoms with Crippen LogP contribution in [0.1, 0.15) is 11.6 Å². The van der Waals surface area contributed by atoms with Gasteiger partial charge in [0.05, 0.1) is 19.3 Å². The van der Waals surface area contributed by atoms with Gasteiger partial charge in [-0.05, 0) is 18.2 Å². The molecule has 90 valence electrons. The molecule has 0 radical (unpaired) electrons. The predicted octanol–water partition coefficient (Wildman–Crippen LogP) is 1.75. The van der Waals surface area contributed by atoms with Crippen LogP contribution in [0, 0.1) is 5.82 Å². The normalized spacial score (nSPS) is 12.8. The molecule has 0 spiro atoms. The van der Waals surface area contributed by atoms with Crippen LogP contribution >= 0.6 is 11.6 Å². The Hall–Kier alpha value is -0.680. The molecule has 0 fully saturated rings. The predicted molar refractivity (Wildman–Crippen MR) is 61.1 cm³/mol. The van der Waals surface area contributed by atoms with E-state index in [-0.39, 0.29) is 12.4 Å². The summed E-state index contributed by atoms with van der Waals surface area (Å²) in [4.78, 5) is 0. The first-order valence-electron chi connectivity index (χ1n) is 4.97. The van der Waals surface area contributed by atoms with E-state index in [2.05, 4.69) is 5.32 Å². The van der Waals surface area contributed by atoms with Crippen LogP contribution in [-0.4, -0.2) is 32.0 Å². The highest BCUT2D eigenvalue weighted by Gasteiger charge is 2.14. The zero-order valence-electron chi connectivity index (χ0n) is 9.04. The molecular weight excluding hydrogens is 233 g/mol. The molecule has 2 N–H and O–H groups in total. The second kappa shape index (κ2) is 6.81. The Morgan fingerprint density at radius 1 is 1.56 bits per heavy atom. The zero-order valence-corrected chi connectivity index (χ0v) is 9.80. The van der Waals surface area contributed by atoms with Gasteiger partial charge in [0, 0.05) is 24.2 Å². The van der Waals surface area contributed by atoms with Gasteiger partial charge in [0.15, 0.2) is 0 Å². The van der Waals surface area contributed by atoms with E-state index in [4.69, 9.17) is 16.3 Å². The molecule has 3 nitrogen and oxygen atoms in total. The average molecular weight is 248 g/mol. The first kappa shape index (κ1) is 13.4. The number of ether oxygens (including phenoxy) is 1. The Morgan fingerprint density at radius 2 is 2.31 bits per heavy atom. The van der Waals surface area contributed by atoms with E-state index >= 15 is 0 Å². The number of aliphatic hydroxyl groups is 1. The first-order valence-corrected chi connectivity index (χ1v) is 5.35. The molecule has 0 saturated carbocycles. The van der Waals surface area contributed by atoms with Gasteiger partial charge in [-0.2, -0.15) is 0 Å². The van der Waals surface area contributed by atoms with Gasteiger partial charge >= 0.3 is 0 Å². The van der Waals surface area contributed by atoms with Crippen molar-refractivity contribution in [1.29, 1.82) is 0 Å². The fourth-order valence-electron chi connectivity index (χ4n) is 1.39. The van der Waals surface area contributed by atoms with E-state index in [1.807, 2.05) is 0 Å². The van der Waals surface area contributed by atoms with Gasteiger partial charge in [0.1, 0.15) is 5.82 Å². The topological polar surface area (TPSA) is 41.5 Å². The van der Waals surface area contributed by atoms with Gasteiger partial charge in [-0.15, -0.1) is 0 Å². The highest BCUT2D eigenvalue weighted by molar-refractivity contribution is 6.30. The van der Waals surface area contributed by atoms with Crippen LogP contribution in [0.2, 0.25) is 5.02 Å². The number of benzene rings is 1. The van der Waals surface area contributed by atoms with Crippen LogP contribution in [0.15, 0.2) is 18.2 Å². The van der Waals surface area contributed by atoms with Crippen molar-refractivity contribution in [2.24, 2.45) is 0 Å². The highest BCUT2D eigenvalue weighted by Crippen LogP contribution is 2.21. The van der Waals surface area contributed by atoms with Crippen molar-refractivity contribution in [1.82, 2.24) is 5.32 Å². The number of hydrogen-bond acceptors (Lipinski definition) is 3. The molecule has 0 saturated heterocycles. The quantitative estimate of drug-likeness (QED) is 0.753. The number of rotatable bonds is 6. The van der Waals surface area contributed by atoms with E-state index in [9.17, 15) is 9.50 Å². The van der Waals surface area contributed by atoms with Gasteiger partial charge in [-0.3, -0.25) is 0 Å². The van der Waals surface area contributed by atoms with Crippen LogP contribution in [0.25, 0.3) is 0 Å². The fourth-order valence-corrected chi connectivity index (χ4v) is 1.57. The Kier molecular flexibility index (Phi) is 5.69. The third-order valence-electron chi connectivity index (χ3n) is 2.21. The molecule has 0 aromatic heterocycles. The van der Waals surface area contributed by atoms with Crippen molar-refractivity contribution in [3.05, 3.63) is 34.6 Å². The Balaban J connectivity index is 2.73. The summed E-state index contributed by atoms with van der Waals surface area (Å²) < 4.78 is 18.3. The highest BCUT2D eigenvalue weighted by atomic mass is 35.5. The molecular formula is C11H15ClFNO2. The molecule has 1 unspecified atom stereocenters. The number of halogens is 2. The van der Waals surface area contributed by atoms with Crippen molar-refractivity contribution in [2.75, 3.05) is 26.9 Å². The van der Waals surface area contributed by atoms with E-state index in [0.29, 0.717) is 23.7 Å². The minimum absolute atomic E-state index is 0.193. The smallest absolute Gasteiger partial charge is 0.128 e. The summed E-state index contributed by atoms with van der Waals surface area (Å²) in [5.74, 6) is -0.381. The van der Waals surface area contributed by atoms with Gasteiger partial charge in [0.2, 0.25) is 0 Å². The number of hydrogen-bond donors (Lipinski definition) is 2. The maximum Gasteiger partial charge on any atom is 0.128 e. The summed E-state index contributed by atoms with van der Waals surface area (Å²) in [5, 5.41) is 12.6. The summed E-state index contributed by atoms with van der Waals surface area (Å²) in [6, 6.07) is 3.81. The standard InChI is InChI=1S/C11H15ClFNO2/c1-16-5-4-14-11(7-15)9-6-8(12)2-3-10(9)13/h2-3,6,11,14-15H,4-5,7H2,1H3. The maximum atomic E-state index is 13.5. The number of methoxy groups -OCH3 is 1. The molecule has 16 heavy (non-hydrogen) atoms. The Morgan fingerprint density at radius 3 is 2.94 bits per heavy atom. The number of aliphatic hydroxyl groups excluding tert-OH is 1. The molecule has 0 amide bonds. The van der Waals surface area contributed by atoms with Crippen molar-refractivity contribution >= 4 is 11.6 Å². The van der Waals surface area contributed by atoms with E-state index in [1.54, 1.807) is 7.11 Å². The van der Waals surface area contributed by atoms with E-state index < -0.39 is 6.04 Å². The zero-order chi connectivity index (χ0) is 12.0. The van der Waals surface area contributed by atoms with Crippen molar-refractivity contribution in [3.8, 4) is 0 Å². The molecule has 5 heteroatoms. The molecule has 1 rings (SSSR count). The maximum absolute atomic E-state index is 13.5. The lowest BCUT2D eigenvalue weighted by Gasteiger charge is -2.17. The van der Waals surface area contributed by atoms with Gasteiger partial charge < -0.3 is 15.2 Å². The third kappa shape index (κ3) is 3.72. The summed E-state index contributed by atoms with van der Waals surface area (Å²) in [6.07, 6.45) is 0. The van der Waals surface area contributed by atoms with Gasteiger partial charge in [-0.25, -0.2) is 4.39 Å². The van der Waals surface area contributed by atoms with Crippen LogP contribution in [0.5, 0.6) is 0 Å². The minimum Gasteiger partial charge on any atom is -0.394 e. The largest absolute Gasteiger partial charge is 0.394 e. The van der Waals surface area contributed by atoms with Gasteiger partial charge in [0.25, 0.3) is 0 Å². The first-order chi connectivity index (χ1) is 7.69. The third-order valence-corrected chi connectivity index (χ3v) is 2.45. The second-order valence-corrected chi connectivity index (χ2v) is 3.78. The number of nitrogens with one attached hydrogen (secondary N) is 1. The monoisotopic (exact) mass is 247 g/mol. The van der Waals surface area contributed by atoms with E-state index in [0.717, 1.165) is 0 Å². The lowest BCUT2D eigenvalue weighted by atomic mass is 10.1. The molecule has 0 aliphatic rings. The Bertz CT molecular complexity index is 336. The molecule has 0 aliphatic heterocycles. The molecule has 1 aromatic rings. The molecule has 1 aromatic carbocycles. The summed E-state index contributed by atoms with van der Waals surface area (Å²) in [7, 11) is 1.58. The lowest BCUT2D eigenvalue weighted by Crippen LogP contribution is -2.28. The van der Waals surface area contributed by atoms with Crippen molar-refractivity contribution in [3.63, 3.8) is 0 Å². The SMILES string of the molecule is COCCNC(CO)c1cc(Cl)ccc1F. The van der Waals surface area contributed by atoms with Crippen LogP contribution in [-0.2, 0) is 4.74 Å². The summed E-state index contributed by atoms with van der Waals surface area (Å²) >= 11 is 5.78. The molecule has 0 heterocycles. The van der Waals surface area contributed by atoms with Crippen molar-refractivity contribution in [2.45, 2.75) is 6.04 Å². The van der Waals surface area contributed by atoms with Gasteiger partial charge in [-0.1, -0.05) is 11.6 Å². The van der Waals surface area contributed by atoms with E-state index in [1.165, 1.54) is 18.2 Å². The van der Waals surface area contributed by atoms with Crippen LogP contribution in [0.4, 0.5) is 4.39 Å². The summed E-state index contributed by atoms with van der Waals surface area (Å²) in [5.41, 5.74) is 0.367. The summed E-state index contributed by atoms with van der Waals surface area (Å²) in [6.45, 7) is 0.841. The lowest BCUT2D eigenvalue weighted by molar-refractivity contribution is 0.183. The van der Waals surface area contributed by atoms with Crippen molar-refractivity contribution < 1.29 is 14.2 Å². The van der Waals surface area contributed by atoms with Crippen LogP contribution < -0.4 is 5.32 Å². The molecule has 0 aliphatic carbocycles. The molecule has 1 atom stereocenters.